The zero-order valence-electron chi connectivity index (χ0n) is 22.0. The number of anilines is 2. The van der Waals surface area contributed by atoms with E-state index in [9.17, 15) is 4.79 Å². The molecule has 11 nitrogen and oxygen atoms in total. The molecule has 2 aliphatic heterocycles. The van der Waals surface area contributed by atoms with Crippen LogP contribution in [0.3, 0.4) is 0 Å². The molecule has 4 heterocycles. The van der Waals surface area contributed by atoms with Gasteiger partial charge in [-0.25, -0.2) is 19.2 Å². The highest BCUT2D eigenvalue weighted by atomic mass is 19.1. The number of ether oxygens (including phenoxy) is 3. The molecule has 39 heavy (non-hydrogen) atoms. The minimum absolute atomic E-state index is 0.0150. The van der Waals surface area contributed by atoms with Crippen LogP contribution in [0, 0.1) is 17.7 Å². The van der Waals surface area contributed by atoms with Gasteiger partial charge in [-0.2, -0.15) is 15.0 Å². The highest BCUT2D eigenvalue weighted by Gasteiger charge is 2.47. The van der Waals surface area contributed by atoms with Crippen molar-refractivity contribution in [2.24, 2.45) is 11.8 Å². The van der Waals surface area contributed by atoms with Crippen LogP contribution in [-0.2, 0) is 15.9 Å². The van der Waals surface area contributed by atoms with E-state index in [0.717, 1.165) is 24.8 Å². The van der Waals surface area contributed by atoms with Gasteiger partial charge in [0.2, 0.25) is 5.88 Å². The molecule has 2 saturated heterocycles. The van der Waals surface area contributed by atoms with Crippen LogP contribution in [-0.4, -0.2) is 74.0 Å². The van der Waals surface area contributed by atoms with E-state index in [2.05, 4.69) is 32.4 Å². The second kappa shape index (κ2) is 10.4. The number of hydrogen-bond donors (Lipinski definition) is 1. The van der Waals surface area contributed by atoms with Crippen molar-refractivity contribution in [3.05, 3.63) is 48.3 Å². The Morgan fingerprint density at radius 3 is 2.59 bits per heavy atom. The minimum Gasteiger partial charge on any atom is -0.473 e. The van der Waals surface area contributed by atoms with E-state index in [-0.39, 0.29) is 35.3 Å². The van der Waals surface area contributed by atoms with Gasteiger partial charge in [-0.15, -0.1) is 0 Å². The van der Waals surface area contributed by atoms with Crippen LogP contribution in [0.5, 0.6) is 5.88 Å². The molecule has 6 rings (SSSR count). The van der Waals surface area contributed by atoms with Crippen LogP contribution in [0.15, 0.2) is 36.9 Å². The van der Waals surface area contributed by atoms with Gasteiger partial charge in [-0.05, 0) is 38.3 Å². The molecule has 1 amide bonds. The van der Waals surface area contributed by atoms with Gasteiger partial charge < -0.3 is 24.4 Å². The standard InChI is InChI=1S/C27H32FN7O4/c1-3-4-20-24(33-22-6-5-19(11-21(22)28)35-31-9-10-32-35)29-16-30-25(20)38-23-17-12-34(13-18(23)15-37-14-17)26(36)39-27(2)7-8-27/h5-6,9-11,16-18,23H,3-4,7-8,12-15H2,1-2H3,(H,29,30,33). The topological polar surface area (TPSA) is 117 Å². The van der Waals surface area contributed by atoms with Crippen molar-refractivity contribution in [3.8, 4) is 11.6 Å². The zero-order valence-corrected chi connectivity index (χ0v) is 22.0. The first kappa shape index (κ1) is 25.5. The molecule has 12 heteroatoms. The average molecular weight is 538 g/mol. The number of fused-ring (bicyclic) bond motifs is 2. The lowest BCUT2D eigenvalue weighted by Gasteiger charge is -2.46. The summed E-state index contributed by atoms with van der Waals surface area (Å²) in [6.45, 7) is 6.00. The van der Waals surface area contributed by atoms with Crippen molar-refractivity contribution in [1.29, 1.82) is 0 Å². The summed E-state index contributed by atoms with van der Waals surface area (Å²) in [6, 6.07) is 4.72. The number of nitrogens with one attached hydrogen (secondary N) is 1. The summed E-state index contributed by atoms with van der Waals surface area (Å²) in [5.41, 5.74) is 1.25. The van der Waals surface area contributed by atoms with Crippen molar-refractivity contribution in [2.75, 3.05) is 31.6 Å². The number of likely N-dealkylation sites (tertiary alicyclic amines) is 1. The number of halogens is 1. The van der Waals surface area contributed by atoms with Crippen molar-refractivity contribution in [1.82, 2.24) is 29.9 Å². The largest absolute Gasteiger partial charge is 0.473 e. The van der Waals surface area contributed by atoms with Gasteiger partial charge >= 0.3 is 6.09 Å². The molecule has 0 spiro atoms. The van der Waals surface area contributed by atoms with E-state index in [4.69, 9.17) is 14.2 Å². The van der Waals surface area contributed by atoms with Gasteiger partial charge in [-0.1, -0.05) is 13.3 Å². The van der Waals surface area contributed by atoms with E-state index < -0.39 is 5.82 Å². The molecule has 1 aliphatic carbocycles. The third kappa shape index (κ3) is 5.38. The number of carbonyl (C=O) groups is 1. The van der Waals surface area contributed by atoms with E-state index in [1.165, 1.54) is 29.6 Å². The van der Waals surface area contributed by atoms with Crippen LogP contribution in [0.1, 0.15) is 38.7 Å². The molecule has 0 radical (unpaired) electrons. The second-order valence-corrected chi connectivity index (χ2v) is 10.7. The summed E-state index contributed by atoms with van der Waals surface area (Å²) in [5, 5.41) is 11.2. The quantitative estimate of drug-likeness (QED) is 0.456. The highest BCUT2D eigenvalue weighted by molar-refractivity contribution is 5.69. The number of hydrogen-bond acceptors (Lipinski definition) is 9. The zero-order chi connectivity index (χ0) is 27.0. The molecular weight excluding hydrogens is 505 g/mol. The Kier molecular flexibility index (Phi) is 6.79. The van der Waals surface area contributed by atoms with Gasteiger partial charge in [0.05, 0.1) is 42.5 Å². The fourth-order valence-corrected chi connectivity index (χ4v) is 5.21. The summed E-state index contributed by atoms with van der Waals surface area (Å²) in [5.74, 6) is 0.471. The Hall–Kier alpha value is -3.80. The maximum atomic E-state index is 15.0. The molecule has 2 aromatic heterocycles. The van der Waals surface area contributed by atoms with Gasteiger partial charge in [0.25, 0.3) is 0 Å². The molecule has 2 atom stereocenters. The normalized spacial score (nSPS) is 23.3. The van der Waals surface area contributed by atoms with Gasteiger partial charge in [0.15, 0.2) is 0 Å². The van der Waals surface area contributed by atoms with Gasteiger partial charge in [0, 0.05) is 31.0 Å². The van der Waals surface area contributed by atoms with Crippen LogP contribution < -0.4 is 10.1 Å². The molecule has 2 unspecified atom stereocenters. The predicted molar refractivity (Wildman–Crippen MR) is 139 cm³/mol. The molecule has 1 N–H and O–H groups in total. The molecule has 1 saturated carbocycles. The fraction of sp³-hybridized carbons (Fsp3) is 0.519. The van der Waals surface area contributed by atoms with Gasteiger partial charge in [-0.3, -0.25) is 0 Å². The molecule has 206 valence electrons. The summed E-state index contributed by atoms with van der Waals surface area (Å²) < 4.78 is 33.1. The van der Waals surface area contributed by atoms with E-state index in [0.29, 0.717) is 50.1 Å². The number of carbonyl (C=O) groups excluding carboxylic acids is 1. The van der Waals surface area contributed by atoms with Crippen molar-refractivity contribution >= 4 is 17.6 Å². The monoisotopic (exact) mass is 537 g/mol. The van der Waals surface area contributed by atoms with Crippen molar-refractivity contribution in [2.45, 2.75) is 51.2 Å². The molecule has 3 fully saturated rings. The average Bonchev–Trinajstić information content (AvgIpc) is 3.38. The van der Waals surface area contributed by atoms with Crippen LogP contribution >= 0.6 is 0 Å². The second-order valence-electron chi connectivity index (χ2n) is 10.7. The van der Waals surface area contributed by atoms with Crippen molar-refractivity contribution < 1.29 is 23.4 Å². The fourth-order valence-electron chi connectivity index (χ4n) is 5.21. The Morgan fingerprint density at radius 1 is 1.18 bits per heavy atom. The molecule has 3 aromatic rings. The lowest BCUT2D eigenvalue weighted by Crippen LogP contribution is -2.59. The Labute approximate surface area is 225 Å². The first-order valence-corrected chi connectivity index (χ1v) is 13.4. The number of nitrogens with zero attached hydrogens (tertiary/aromatic N) is 6. The first-order chi connectivity index (χ1) is 18.9. The van der Waals surface area contributed by atoms with E-state index in [1.54, 1.807) is 17.0 Å². The highest BCUT2D eigenvalue weighted by Crippen LogP contribution is 2.40. The third-order valence-corrected chi connectivity index (χ3v) is 7.56. The summed E-state index contributed by atoms with van der Waals surface area (Å²) in [4.78, 5) is 24.8. The molecule has 2 bridgehead atoms. The summed E-state index contributed by atoms with van der Waals surface area (Å²) >= 11 is 0. The van der Waals surface area contributed by atoms with E-state index >= 15 is 4.39 Å². The smallest absolute Gasteiger partial charge is 0.410 e. The number of benzene rings is 1. The summed E-state index contributed by atoms with van der Waals surface area (Å²) in [7, 11) is 0. The predicted octanol–water partition coefficient (Wildman–Crippen LogP) is 3.91. The SMILES string of the molecule is CCCc1c(Nc2ccc(-n3nccn3)cc2F)ncnc1OC1C2COCC1CN(C(=O)OC1(C)CC1)C2. The molecule has 3 aliphatic rings. The minimum atomic E-state index is -0.459. The number of aromatic nitrogens is 5. The van der Waals surface area contributed by atoms with Crippen LogP contribution in [0.4, 0.5) is 20.7 Å². The lowest BCUT2D eigenvalue weighted by molar-refractivity contribution is -0.112. The Bertz CT molecular complexity index is 1320. The van der Waals surface area contributed by atoms with Crippen LogP contribution in [0.25, 0.3) is 5.69 Å². The molecular formula is C27H32FN7O4. The molecule has 1 aromatic carbocycles. The third-order valence-electron chi connectivity index (χ3n) is 7.56. The Balaban J connectivity index is 1.20. The Morgan fingerprint density at radius 2 is 1.92 bits per heavy atom. The van der Waals surface area contributed by atoms with Gasteiger partial charge in [0.1, 0.15) is 29.7 Å². The van der Waals surface area contributed by atoms with E-state index in [1.807, 2.05) is 6.92 Å². The maximum Gasteiger partial charge on any atom is 0.410 e. The lowest BCUT2D eigenvalue weighted by atomic mass is 9.84. The number of rotatable bonds is 8. The summed E-state index contributed by atoms with van der Waals surface area (Å²) in [6.07, 6.45) is 7.35. The number of piperidine rings is 1. The maximum absolute atomic E-state index is 15.0. The van der Waals surface area contributed by atoms with Crippen LogP contribution in [0.2, 0.25) is 0 Å². The first-order valence-electron chi connectivity index (χ1n) is 13.4. The number of amides is 1. The van der Waals surface area contributed by atoms with Crippen molar-refractivity contribution in [3.63, 3.8) is 0 Å².